The molecule has 0 saturated carbocycles. The molecular weight excluding hydrogens is 318 g/mol. The van der Waals surface area contributed by atoms with Crippen LogP contribution in [0.2, 0.25) is 0 Å². The van der Waals surface area contributed by atoms with Gasteiger partial charge in [0.1, 0.15) is 5.75 Å². The molecule has 0 amide bonds. The van der Waals surface area contributed by atoms with Crippen molar-refractivity contribution >= 4 is 32.7 Å². The van der Waals surface area contributed by atoms with Crippen LogP contribution in [0.3, 0.4) is 0 Å². The first kappa shape index (κ1) is 12.9. The van der Waals surface area contributed by atoms with Gasteiger partial charge in [-0.25, -0.2) is 4.98 Å². The summed E-state index contributed by atoms with van der Waals surface area (Å²) in [5.41, 5.74) is 6.40. The minimum absolute atomic E-state index is 0.205. The molecule has 1 aromatic heterocycles. The molecule has 0 fully saturated rings. The van der Waals surface area contributed by atoms with Gasteiger partial charge in [-0.1, -0.05) is 30.3 Å². The molecule has 4 nitrogen and oxygen atoms in total. The fourth-order valence-corrected chi connectivity index (χ4v) is 2.59. The van der Waals surface area contributed by atoms with Gasteiger partial charge in [0.2, 0.25) is 11.8 Å². The second-order valence-corrected chi connectivity index (χ2v) is 5.20. The van der Waals surface area contributed by atoms with Gasteiger partial charge in [0.15, 0.2) is 0 Å². The number of rotatable bonds is 2. The van der Waals surface area contributed by atoms with Crippen molar-refractivity contribution in [3.8, 4) is 11.6 Å². The van der Waals surface area contributed by atoms with Gasteiger partial charge in [0, 0.05) is 11.8 Å². The van der Waals surface area contributed by atoms with Gasteiger partial charge >= 0.3 is 0 Å². The van der Waals surface area contributed by atoms with Crippen molar-refractivity contribution in [2.24, 2.45) is 0 Å². The molecule has 20 heavy (non-hydrogen) atoms. The summed E-state index contributed by atoms with van der Waals surface area (Å²) < 4.78 is 6.69. The van der Waals surface area contributed by atoms with Crippen molar-refractivity contribution in [1.82, 2.24) is 9.97 Å². The molecule has 2 aromatic carbocycles. The Bertz CT molecular complexity index is 769. The molecule has 0 aliphatic rings. The summed E-state index contributed by atoms with van der Waals surface area (Å²) in [7, 11) is 0. The molecule has 3 aromatic rings. The number of nitrogens with two attached hydrogens (primary N) is 1. The number of halogens is 1. The van der Waals surface area contributed by atoms with Gasteiger partial charge in [-0.15, -0.1) is 0 Å². The maximum absolute atomic E-state index is 5.80. The number of hydrogen-bond acceptors (Lipinski definition) is 4. The third kappa shape index (κ3) is 2.44. The number of fused-ring (bicyclic) bond motifs is 1. The number of nitrogen functional groups attached to an aromatic ring is 1. The SMILES string of the molecule is Cc1cc(Oc2ccc3ccccc3c2Br)nc(N)n1. The van der Waals surface area contributed by atoms with Crippen LogP contribution >= 0.6 is 15.9 Å². The first-order valence-corrected chi connectivity index (χ1v) is 6.89. The van der Waals surface area contributed by atoms with Gasteiger partial charge in [0.25, 0.3) is 0 Å². The Hall–Kier alpha value is -2.14. The molecule has 0 aliphatic carbocycles. The smallest absolute Gasteiger partial charge is 0.224 e. The Labute approximate surface area is 124 Å². The topological polar surface area (TPSA) is 61.0 Å². The Morgan fingerprint density at radius 2 is 1.90 bits per heavy atom. The molecule has 0 saturated heterocycles. The van der Waals surface area contributed by atoms with E-state index in [-0.39, 0.29) is 5.95 Å². The third-order valence-electron chi connectivity index (χ3n) is 2.89. The summed E-state index contributed by atoms with van der Waals surface area (Å²) in [6.45, 7) is 1.85. The van der Waals surface area contributed by atoms with Crippen molar-refractivity contribution < 1.29 is 4.74 Å². The van der Waals surface area contributed by atoms with Crippen LogP contribution in [-0.4, -0.2) is 9.97 Å². The second kappa shape index (κ2) is 5.09. The van der Waals surface area contributed by atoms with E-state index in [4.69, 9.17) is 10.5 Å². The van der Waals surface area contributed by atoms with E-state index in [1.807, 2.05) is 37.3 Å². The zero-order chi connectivity index (χ0) is 14.1. The summed E-state index contributed by atoms with van der Waals surface area (Å²) in [6, 6.07) is 13.7. The van der Waals surface area contributed by atoms with E-state index in [2.05, 4.69) is 32.0 Å². The first-order chi connectivity index (χ1) is 9.63. The van der Waals surface area contributed by atoms with Crippen molar-refractivity contribution in [3.63, 3.8) is 0 Å². The van der Waals surface area contributed by atoms with E-state index in [0.29, 0.717) is 11.6 Å². The molecule has 0 unspecified atom stereocenters. The minimum atomic E-state index is 0.205. The average Bonchev–Trinajstić information content (AvgIpc) is 2.41. The summed E-state index contributed by atoms with van der Waals surface area (Å²) >= 11 is 3.58. The highest BCUT2D eigenvalue weighted by molar-refractivity contribution is 9.10. The fourth-order valence-electron chi connectivity index (χ4n) is 2.02. The van der Waals surface area contributed by atoms with Gasteiger partial charge < -0.3 is 10.5 Å². The molecule has 100 valence electrons. The first-order valence-electron chi connectivity index (χ1n) is 6.10. The van der Waals surface area contributed by atoms with Gasteiger partial charge in [0.05, 0.1) is 4.47 Å². The third-order valence-corrected chi connectivity index (χ3v) is 3.71. The Morgan fingerprint density at radius 3 is 2.70 bits per heavy atom. The monoisotopic (exact) mass is 329 g/mol. The number of aromatic nitrogens is 2. The summed E-state index contributed by atoms with van der Waals surface area (Å²) in [4.78, 5) is 8.10. The van der Waals surface area contributed by atoms with E-state index < -0.39 is 0 Å². The van der Waals surface area contributed by atoms with Gasteiger partial charge in [-0.05, 0) is 39.7 Å². The zero-order valence-corrected chi connectivity index (χ0v) is 12.4. The summed E-state index contributed by atoms with van der Waals surface area (Å²) in [5, 5.41) is 2.23. The summed E-state index contributed by atoms with van der Waals surface area (Å²) in [5.74, 6) is 1.34. The molecule has 3 rings (SSSR count). The van der Waals surface area contributed by atoms with Crippen LogP contribution in [0, 0.1) is 6.92 Å². The van der Waals surface area contributed by atoms with Crippen LogP contribution in [0.1, 0.15) is 5.69 Å². The number of benzene rings is 2. The Kier molecular flexibility index (Phi) is 3.28. The van der Waals surface area contributed by atoms with Crippen molar-refractivity contribution in [2.75, 3.05) is 5.73 Å². The lowest BCUT2D eigenvalue weighted by Crippen LogP contribution is -1.99. The van der Waals surface area contributed by atoms with Crippen LogP contribution in [0.15, 0.2) is 46.9 Å². The molecule has 0 radical (unpaired) electrons. The Morgan fingerprint density at radius 1 is 1.10 bits per heavy atom. The van der Waals surface area contributed by atoms with E-state index >= 15 is 0 Å². The second-order valence-electron chi connectivity index (χ2n) is 4.41. The highest BCUT2D eigenvalue weighted by Gasteiger charge is 2.08. The standard InChI is InChI=1S/C15H12BrN3O/c1-9-8-13(19-15(17)18-9)20-12-7-6-10-4-2-3-5-11(10)14(12)16/h2-8H,1H3,(H2,17,18,19). The number of aryl methyl sites for hydroxylation is 1. The zero-order valence-electron chi connectivity index (χ0n) is 10.8. The van der Waals surface area contributed by atoms with Crippen molar-refractivity contribution in [1.29, 1.82) is 0 Å². The highest BCUT2D eigenvalue weighted by Crippen LogP contribution is 2.35. The maximum atomic E-state index is 5.80. The van der Waals surface area contributed by atoms with E-state index in [9.17, 15) is 0 Å². The van der Waals surface area contributed by atoms with E-state index in [1.165, 1.54) is 0 Å². The fraction of sp³-hybridized carbons (Fsp3) is 0.0667. The van der Waals surface area contributed by atoms with Gasteiger partial charge in [-0.2, -0.15) is 4.98 Å². The van der Waals surface area contributed by atoms with Crippen LogP contribution < -0.4 is 10.5 Å². The molecule has 0 atom stereocenters. The molecule has 0 bridgehead atoms. The van der Waals surface area contributed by atoms with Crippen LogP contribution in [0.25, 0.3) is 10.8 Å². The van der Waals surface area contributed by atoms with E-state index in [1.54, 1.807) is 6.07 Å². The van der Waals surface area contributed by atoms with Crippen molar-refractivity contribution in [3.05, 3.63) is 52.6 Å². The number of hydrogen-bond donors (Lipinski definition) is 1. The highest BCUT2D eigenvalue weighted by atomic mass is 79.9. The van der Waals surface area contributed by atoms with Crippen LogP contribution in [0.5, 0.6) is 11.6 Å². The largest absolute Gasteiger partial charge is 0.438 e. The van der Waals surface area contributed by atoms with Crippen LogP contribution in [0.4, 0.5) is 5.95 Å². The quantitative estimate of drug-likeness (QED) is 0.769. The normalized spacial score (nSPS) is 10.7. The molecule has 5 heteroatoms. The summed E-state index contributed by atoms with van der Waals surface area (Å²) in [6.07, 6.45) is 0. The van der Waals surface area contributed by atoms with E-state index in [0.717, 1.165) is 20.9 Å². The van der Waals surface area contributed by atoms with Crippen molar-refractivity contribution in [2.45, 2.75) is 6.92 Å². The minimum Gasteiger partial charge on any atom is -0.438 e. The predicted octanol–water partition coefficient (Wildman–Crippen LogP) is 4.08. The lowest BCUT2D eigenvalue weighted by Gasteiger charge is -2.10. The predicted molar refractivity (Wildman–Crippen MR) is 82.9 cm³/mol. The lowest BCUT2D eigenvalue weighted by molar-refractivity contribution is 0.460. The molecular formula is C15H12BrN3O. The molecule has 1 heterocycles. The Balaban J connectivity index is 2.04. The van der Waals surface area contributed by atoms with Gasteiger partial charge in [-0.3, -0.25) is 0 Å². The van der Waals surface area contributed by atoms with Crippen LogP contribution in [-0.2, 0) is 0 Å². The molecule has 0 aliphatic heterocycles. The number of anilines is 1. The molecule has 2 N–H and O–H groups in total. The number of ether oxygens (including phenoxy) is 1. The number of nitrogens with zero attached hydrogens (tertiary/aromatic N) is 2. The lowest BCUT2D eigenvalue weighted by atomic mass is 10.1. The average molecular weight is 330 g/mol. The molecule has 0 spiro atoms. The maximum Gasteiger partial charge on any atom is 0.224 e.